The van der Waals surface area contributed by atoms with Crippen molar-refractivity contribution in [1.82, 2.24) is 15.1 Å². The third-order valence-electron chi connectivity index (χ3n) is 3.59. The normalized spacial score (nSPS) is 10.5. The minimum atomic E-state index is -0.222. The van der Waals surface area contributed by atoms with Crippen molar-refractivity contribution in [2.75, 3.05) is 11.9 Å². The molecule has 2 amide bonds. The molecule has 0 aliphatic carbocycles. The molecule has 0 spiro atoms. The molecule has 0 saturated heterocycles. The molecule has 0 radical (unpaired) electrons. The molecule has 118 valence electrons. The van der Waals surface area contributed by atoms with Crippen molar-refractivity contribution < 1.29 is 4.79 Å². The van der Waals surface area contributed by atoms with E-state index in [4.69, 9.17) is 11.6 Å². The number of urea groups is 1. The maximum atomic E-state index is 11.8. The second-order valence-electron chi connectivity index (χ2n) is 5.10. The van der Waals surface area contributed by atoms with Gasteiger partial charge in [0.15, 0.2) is 0 Å². The molecule has 0 aliphatic heterocycles. The third kappa shape index (κ3) is 4.01. The highest BCUT2D eigenvalue weighted by atomic mass is 35.5. The fourth-order valence-corrected chi connectivity index (χ4v) is 2.54. The van der Waals surface area contributed by atoms with E-state index in [1.54, 1.807) is 24.3 Å². The Bertz CT molecular complexity index is 649. The van der Waals surface area contributed by atoms with Crippen molar-refractivity contribution in [3.63, 3.8) is 0 Å². The molecule has 0 bridgehead atoms. The molecule has 2 N–H and O–H groups in total. The molecule has 1 heterocycles. The monoisotopic (exact) mass is 320 g/mol. The second-order valence-corrected chi connectivity index (χ2v) is 5.54. The van der Waals surface area contributed by atoms with Crippen LogP contribution in [0.5, 0.6) is 0 Å². The number of aryl methyl sites for hydroxylation is 2. The fraction of sp³-hybridized carbons (Fsp3) is 0.375. The van der Waals surface area contributed by atoms with Gasteiger partial charge in [0, 0.05) is 29.5 Å². The van der Waals surface area contributed by atoms with Crippen LogP contribution in [-0.2, 0) is 13.0 Å². The molecule has 0 saturated carbocycles. The molecule has 22 heavy (non-hydrogen) atoms. The largest absolute Gasteiger partial charge is 0.338 e. The molecule has 0 fully saturated rings. The Hall–Kier alpha value is -2.01. The summed E-state index contributed by atoms with van der Waals surface area (Å²) in [5, 5.41) is 10.7. The molecule has 0 unspecified atom stereocenters. The average Bonchev–Trinajstić information content (AvgIpc) is 2.77. The number of carbonyl (C=O) groups excluding carboxylic acids is 1. The third-order valence-corrected chi connectivity index (χ3v) is 3.85. The zero-order valence-corrected chi connectivity index (χ0v) is 13.9. The standard InChI is InChI=1S/C16H21ClN4O/c1-4-21-12(3)15(11(2)20-21)9-10-18-16(22)19-14-7-5-13(17)6-8-14/h5-8H,4,9-10H2,1-3H3,(H2,18,19,22). The number of anilines is 1. The van der Waals surface area contributed by atoms with Crippen LogP contribution in [0.1, 0.15) is 23.9 Å². The summed E-state index contributed by atoms with van der Waals surface area (Å²) in [5.41, 5.74) is 4.11. The van der Waals surface area contributed by atoms with Crippen molar-refractivity contribution in [3.05, 3.63) is 46.2 Å². The Balaban J connectivity index is 1.84. The summed E-state index contributed by atoms with van der Waals surface area (Å²) in [6.07, 6.45) is 0.770. The van der Waals surface area contributed by atoms with Gasteiger partial charge < -0.3 is 10.6 Å². The zero-order chi connectivity index (χ0) is 16.1. The zero-order valence-electron chi connectivity index (χ0n) is 13.1. The molecule has 1 aromatic carbocycles. The summed E-state index contributed by atoms with van der Waals surface area (Å²) >= 11 is 5.81. The average molecular weight is 321 g/mol. The predicted octanol–water partition coefficient (Wildman–Crippen LogP) is 3.54. The Labute approximate surface area is 135 Å². The number of halogens is 1. The highest BCUT2D eigenvalue weighted by Gasteiger charge is 2.10. The number of nitrogens with zero attached hydrogens (tertiary/aromatic N) is 2. The number of amides is 2. The van der Waals surface area contributed by atoms with E-state index < -0.39 is 0 Å². The van der Waals surface area contributed by atoms with Crippen LogP contribution in [0.15, 0.2) is 24.3 Å². The Morgan fingerprint density at radius 3 is 2.55 bits per heavy atom. The minimum Gasteiger partial charge on any atom is -0.338 e. The van der Waals surface area contributed by atoms with Gasteiger partial charge in [-0.2, -0.15) is 5.10 Å². The first kappa shape index (κ1) is 16.4. The lowest BCUT2D eigenvalue weighted by Crippen LogP contribution is -2.30. The van der Waals surface area contributed by atoms with Gasteiger partial charge in [-0.05, 0) is 57.0 Å². The van der Waals surface area contributed by atoms with Crippen LogP contribution in [0, 0.1) is 13.8 Å². The van der Waals surface area contributed by atoms with Crippen LogP contribution in [0.4, 0.5) is 10.5 Å². The minimum absolute atomic E-state index is 0.222. The number of benzene rings is 1. The lowest BCUT2D eigenvalue weighted by atomic mass is 10.1. The first-order chi connectivity index (χ1) is 10.5. The van der Waals surface area contributed by atoms with E-state index >= 15 is 0 Å². The topological polar surface area (TPSA) is 59.0 Å². The lowest BCUT2D eigenvalue weighted by Gasteiger charge is -2.08. The first-order valence-corrected chi connectivity index (χ1v) is 7.72. The predicted molar refractivity (Wildman–Crippen MR) is 89.6 cm³/mol. The van der Waals surface area contributed by atoms with E-state index in [0.29, 0.717) is 17.3 Å². The molecule has 1 aromatic heterocycles. The number of aromatic nitrogens is 2. The van der Waals surface area contributed by atoms with E-state index in [9.17, 15) is 4.79 Å². The lowest BCUT2D eigenvalue weighted by molar-refractivity contribution is 0.252. The molecular weight excluding hydrogens is 300 g/mol. The van der Waals surface area contributed by atoms with Gasteiger partial charge in [0.1, 0.15) is 0 Å². The van der Waals surface area contributed by atoms with Crippen molar-refractivity contribution >= 4 is 23.3 Å². The maximum Gasteiger partial charge on any atom is 0.319 e. The summed E-state index contributed by atoms with van der Waals surface area (Å²) in [7, 11) is 0. The molecule has 6 heteroatoms. The number of hydrogen-bond acceptors (Lipinski definition) is 2. The Morgan fingerprint density at radius 2 is 1.95 bits per heavy atom. The van der Waals surface area contributed by atoms with E-state index in [-0.39, 0.29) is 6.03 Å². The molecule has 2 aromatic rings. The van der Waals surface area contributed by atoms with Gasteiger partial charge in [0.25, 0.3) is 0 Å². The number of hydrogen-bond donors (Lipinski definition) is 2. The van der Waals surface area contributed by atoms with E-state index in [1.807, 2.05) is 11.6 Å². The first-order valence-electron chi connectivity index (χ1n) is 7.34. The van der Waals surface area contributed by atoms with E-state index in [0.717, 1.165) is 18.7 Å². The Kier molecular flexibility index (Phi) is 5.44. The van der Waals surface area contributed by atoms with Gasteiger partial charge in [-0.1, -0.05) is 11.6 Å². The van der Waals surface area contributed by atoms with Gasteiger partial charge in [-0.3, -0.25) is 4.68 Å². The van der Waals surface area contributed by atoms with Crippen molar-refractivity contribution in [3.8, 4) is 0 Å². The summed E-state index contributed by atoms with van der Waals surface area (Å²) in [6, 6.07) is 6.79. The highest BCUT2D eigenvalue weighted by molar-refractivity contribution is 6.30. The van der Waals surface area contributed by atoms with Crippen LogP contribution in [-0.4, -0.2) is 22.4 Å². The number of rotatable bonds is 5. The maximum absolute atomic E-state index is 11.8. The molecular formula is C16H21ClN4O. The van der Waals surface area contributed by atoms with Gasteiger partial charge in [0.05, 0.1) is 5.69 Å². The number of carbonyl (C=O) groups is 1. The SMILES string of the molecule is CCn1nc(C)c(CCNC(=O)Nc2ccc(Cl)cc2)c1C. The van der Waals surface area contributed by atoms with Crippen LogP contribution < -0.4 is 10.6 Å². The Morgan fingerprint density at radius 1 is 1.27 bits per heavy atom. The number of nitrogens with one attached hydrogen (secondary N) is 2. The molecule has 2 rings (SSSR count). The van der Waals surface area contributed by atoms with Crippen LogP contribution in [0.3, 0.4) is 0 Å². The van der Waals surface area contributed by atoms with Crippen LogP contribution in [0.2, 0.25) is 5.02 Å². The van der Waals surface area contributed by atoms with Gasteiger partial charge in [-0.15, -0.1) is 0 Å². The van der Waals surface area contributed by atoms with Crippen molar-refractivity contribution in [2.45, 2.75) is 33.7 Å². The second kappa shape index (κ2) is 7.31. The summed E-state index contributed by atoms with van der Waals surface area (Å²) < 4.78 is 1.98. The molecule has 0 atom stereocenters. The van der Waals surface area contributed by atoms with Crippen molar-refractivity contribution in [2.24, 2.45) is 0 Å². The fourth-order valence-electron chi connectivity index (χ4n) is 2.41. The molecule has 0 aliphatic rings. The van der Waals surface area contributed by atoms with Gasteiger partial charge in [-0.25, -0.2) is 4.79 Å². The van der Waals surface area contributed by atoms with Crippen LogP contribution in [0.25, 0.3) is 0 Å². The van der Waals surface area contributed by atoms with E-state index in [2.05, 4.69) is 29.6 Å². The summed E-state index contributed by atoms with van der Waals surface area (Å²) in [4.78, 5) is 11.8. The van der Waals surface area contributed by atoms with E-state index in [1.165, 1.54) is 11.3 Å². The quantitative estimate of drug-likeness (QED) is 0.885. The molecule has 5 nitrogen and oxygen atoms in total. The summed E-state index contributed by atoms with van der Waals surface area (Å²) in [6.45, 7) is 7.56. The highest BCUT2D eigenvalue weighted by Crippen LogP contribution is 2.14. The summed E-state index contributed by atoms with van der Waals surface area (Å²) in [5.74, 6) is 0. The van der Waals surface area contributed by atoms with Crippen molar-refractivity contribution in [1.29, 1.82) is 0 Å². The smallest absolute Gasteiger partial charge is 0.319 e. The van der Waals surface area contributed by atoms with Gasteiger partial charge >= 0.3 is 6.03 Å². The van der Waals surface area contributed by atoms with Crippen LogP contribution >= 0.6 is 11.6 Å². The van der Waals surface area contributed by atoms with Gasteiger partial charge in [0.2, 0.25) is 0 Å².